The van der Waals surface area contributed by atoms with E-state index in [9.17, 15) is 4.79 Å². The molecule has 0 atom stereocenters. The Morgan fingerprint density at radius 2 is 1.79 bits per heavy atom. The summed E-state index contributed by atoms with van der Waals surface area (Å²) < 4.78 is 2.12. The zero-order chi connectivity index (χ0) is 26.1. The summed E-state index contributed by atoms with van der Waals surface area (Å²) in [4.78, 5) is 21.8. The van der Waals surface area contributed by atoms with Gasteiger partial charge in [-0.1, -0.05) is 44.7 Å². The zero-order valence-electron chi connectivity index (χ0n) is 22.3. The number of anilines is 2. The predicted octanol–water partition coefficient (Wildman–Crippen LogP) is 8.22. The van der Waals surface area contributed by atoms with Gasteiger partial charge in [0.1, 0.15) is 0 Å². The van der Waals surface area contributed by atoms with Crippen molar-refractivity contribution >= 4 is 40.0 Å². The van der Waals surface area contributed by atoms with Gasteiger partial charge in [-0.05, 0) is 79.5 Å². The molecule has 1 N–H and O–H groups in total. The van der Waals surface area contributed by atoms with Gasteiger partial charge in [-0.2, -0.15) is 5.10 Å². The van der Waals surface area contributed by atoms with Gasteiger partial charge in [0.05, 0.1) is 40.4 Å². The molecule has 0 spiro atoms. The Bertz CT molecular complexity index is 1510. The second kappa shape index (κ2) is 10.5. The lowest BCUT2D eigenvalue weighted by Gasteiger charge is -2.22. The Morgan fingerprint density at radius 1 is 1.00 bits per heavy atom. The minimum absolute atomic E-state index is 0.0134. The van der Waals surface area contributed by atoms with Crippen LogP contribution in [-0.4, -0.2) is 26.8 Å². The summed E-state index contributed by atoms with van der Waals surface area (Å²) >= 11 is 0. The van der Waals surface area contributed by atoms with Crippen LogP contribution in [0.2, 0.25) is 0 Å². The predicted molar refractivity (Wildman–Crippen MR) is 155 cm³/mol. The smallest absolute Gasteiger partial charge is 0.163 e. The summed E-state index contributed by atoms with van der Waals surface area (Å²) in [7, 11) is 0. The first-order valence-electron chi connectivity index (χ1n) is 14.0. The second-order valence-corrected chi connectivity index (χ2v) is 11.0. The Hall–Kier alpha value is -3.80. The number of fused-ring (bicyclic) bond motifs is 2. The van der Waals surface area contributed by atoms with Gasteiger partial charge in [-0.25, -0.2) is 0 Å². The van der Waals surface area contributed by atoms with E-state index in [4.69, 9.17) is 5.10 Å². The Labute approximate surface area is 224 Å². The summed E-state index contributed by atoms with van der Waals surface area (Å²) in [6.45, 7) is 3.97. The summed E-state index contributed by atoms with van der Waals surface area (Å²) in [6.07, 6.45) is 17.1. The number of pyridine rings is 1. The van der Waals surface area contributed by atoms with E-state index >= 15 is 0 Å². The number of carbonyl (C=O) groups excluding carboxylic acids is 1. The number of hydrogen-bond acceptors (Lipinski definition) is 5. The molecule has 38 heavy (non-hydrogen) atoms. The normalized spacial score (nSPS) is 19.5. The average Bonchev–Trinajstić information content (AvgIpc) is 3.38. The molecule has 194 valence electrons. The number of carbonyl (C=O) groups is 1. The highest BCUT2D eigenvalue weighted by molar-refractivity contribution is 6.08. The molecular formula is C32H35N5O. The van der Waals surface area contributed by atoms with E-state index in [1.807, 2.05) is 18.5 Å². The van der Waals surface area contributed by atoms with Crippen molar-refractivity contribution < 1.29 is 4.79 Å². The van der Waals surface area contributed by atoms with Crippen LogP contribution >= 0.6 is 0 Å². The number of hydrogen-bond donors (Lipinski definition) is 1. The highest BCUT2D eigenvalue weighted by Gasteiger charge is 2.19. The molecule has 6 rings (SSSR count). The number of aliphatic imine (C=N–C) groups is 1. The molecule has 6 nitrogen and oxygen atoms in total. The maximum absolute atomic E-state index is 12.7. The maximum Gasteiger partial charge on any atom is 0.163 e. The van der Waals surface area contributed by atoms with Crippen LogP contribution < -0.4 is 5.32 Å². The SMILES string of the molecule is CC(=O)c1cnc2ccc(-c3ccc4c(c3)CCC=N4)cc2c1Nc1cnn(C2CCCC(C)CCC2)c1. The summed E-state index contributed by atoms with van der Waals surface area (Å²) in [5.41, 5.74) is 7.70. The van der Waals surface area contributed by atoms with Gasteiger partial charge in [0.2, 0.25) is 0 Å². The molecule has 0 amide bonds. The van der Waals surface area contributed by atoms with E-state index in [0.29, 0.717) is 11.6 Å². The molecule has 4 aromatic rings. The zero-order valence-corrected chi connectivity index (χ0v) is 22.3. The van der Waals surface area contributed by atoms with E-state index in [1.165, 1.54) is 31.2 Å². The van der Waals surface area contributed by atoms with Crippen molar-refractivity contribution in [1.29, 1.82) is 0 Å². The molecule has 0 radical (unpaired) electrons. The van der Waals surface area contributed by atoms with E-state index in [1.54, 1.807) is 13.1 Å². The number of aryl methyl sites for hydroxylation is 1. The molecule has 1 saturated carbocycles. The summed E-state index contributed by atoms with van der Waals surface area (Å²) in [6, 6.07) is 13.2. The molecule has 0 unspecified atom stereocenters. The van der Waals surface area contributed by atoms with Crippen molar-refractivity contribution in [3.8, 4) is 11.1 Å². The third kappa shape index (κ3) is 5.00. The number of ketones is 1. The molecule has 0 saturated heterocycles. The number of rotatable bonds is 5. The third-order valence-electron chi connectivity index (χ3n) is 8.15. The monoisotopic (exact) mass is 505 g/mol. The van der Waals surface area contributed by atoms with Crippen LogP contribution in [0.15, 0.2) is 60.0 Å². The van der Waals surface area contributed by atoms with Gasteiger partial charge >= 0.3 is 0 Å². The Morgan fingerprint density at radius 3 is 2.61 bits per heavy atom. The van der Waals surface area contributed by atoms with Crippen molar-refractivity contribution in [2.45, 2.75) is 71.3 Å². The highest BCUT2D eigenvalue weighted by atomic mass is 16.1. The first-order valence-corrected chi connectivity index (χ1v) is 14.0. The van der Waals surface area contributed by atoms with Gasteiger partial charge in [0, 0.05) is 24.0 Å². The van der Waals surface area contributed by atoms with E-state index in [0.717, 1.165) is 70.7 Å². The van der Waals surface area contributed by atoms with Gasteiger partial charge in [0.25, 0.3) is 0 Å². The van der Waals surface area contributed by atoms with Crippen LogP contribution in [0.4, 0.5) is 17.1 Å². The molecule has 2 aromatic heterocycles. The molecule has 2 aromatic carbocycles. The molecule has 3 heterocycles. The van der Waals surface area contributed by atoms with Gasteiger partial charge in [-0.15, -0.1) is 0 Å². The minimum Gasteiger partial charge on any atom is -0.352 e. The lowest BCUT2D eigenvalue weighted by atomic mass is 9.90. The van der Waals surface area contributed by atoms with Gasteiger partial charge in [-0.3, -0.25) is 19.5 Å². The molecule has 1 aliphatic carbocycles. The third-order valence-corrected chi connectivity index (χ3v) is 8.15. The average molecular weight is 506 g/mol. The minimum atomic E-state index is -0.0134. The van der Waals surface area contributed by atoms with Crippen molar-refractivity contribution in [1.82, 2.24) is 14.8 Å². The number of aromatic nitrogens is 3. The van der Waals surface area contributed by atoms with Crippen LogP contribution in [0.25, 0.3) is 22.0 Å². The largest absolute Gasteiger partial charge is 0.352 e. The lowest BCUT2D eigenvalue weighted by molar-refractivity contribution is 0.101. The molecular weight excluding hydrogens is 470 g/mol. The Balaban J connectivity index is 1.35. The van der Waals surface area contributed by atoms with Crippen LogP contribution in [0.3, 0.4) is 0 Å². The van der Waals surface area contributed by atoms with E-state index < -0.39 is 0 Å². The van der Waals surface area contributed by atoms with Gasteiger partial charge in [0.15, 0.2) is 5.78 Å². The number of benzene rings is 2. The van der Waals surface area contributed by atoms with Crippen molar-refractivity contribution in [3.63, 3.8) is 0 Å². The van der Waals surface area contributed by atoms with Crippen LogP contribution in [-0.2, 0) is 6.42 Å². The quantitative estimate of drug-likeness (QED) is 0.277. The highest BCUT2D eigenvalue weighted by Crippen LogP contribution is 2.36. The van der Waals surface area contributed by atoms with Crippen LogP contribution in [0.5, 0.6) is 0 Å². The van der Waals surface area contributed by atoms with E-state index in [2.05, 4.69) is 63.4 Å². The van der Waals surface area contributed by atoms with E-state index in [-0.39, 0.29) is 5.78 Å². The number of Topliss-reactive ketones (excluding diaryl/α,β-unsaturated/α-hetero) is 1. The Kier molecular flexibility index (Phi) is 6.79. The maximum atomic E-state index is 12.7. The standard InChI is InChI=1S/C32H35N5O/c1-21-6-3-9-27(10-4-7-21)37-20-26(18-35-37)36-32-28-17-24(12-14-31(28)34-19-29(32)22(2)38)23-11-13-30-25(16-23)8-5-15-33-30/h11-21,27H,3-10H2,1-2H3,(H,34,36). The molecule has 0 bridgehead atoms. The van der Waals surface area contributed by atoms with Crippen molar-refractivity contribution in [3.05, 3.63) is 66.1 Å². The molecule has 2 aliphatic rings. The lowest BCUT2D eigenvalue weighted by Crippen LogP contribution is -2.13. The van der Waals surface area contributed by atoms with Crippen molar-refractivity contribution in [2.75, 3.05) is 5.32 Å². The number of nitrogens with zero attached hydrogens (tertiary/aromatic N) is 4. The second-order valence-electron chi connectivity index (χ2n) is 11.0. The van der Waals surface area contributed by atoms with Crippen molar-refractivity contribution in [2.24, 2.45) is 10.9 Å². The first kappa shape index (κ1) is 24.5. The number of nitrogens with one attached hydrogen (secondary N) is 1. The molecule has 1 fully saturated rings. The molecule has 6 heteroatoms. The topological polar surface area (TPSA) is 72.2 Å². The van der Waals surface area contributed by atoms with Gasteiger partial charge < -0.3 is 5.32 Å². The first-order chi connectivity index (χ1) is 18.5. The molecule has 1 aliphatic heterocycles. The van der Waals surface area contributed by atoms with Crippen LogP contribution in [0.1, 0.15) is 80.8 Å². The fourth-order valence-electron chi connectivity index (χ4n) is 5.95. The fraction of sp³-hybridized carbons (Fsp3) is 0.375. The summed E-state index contributed by atoms with van der Waals surface area (Å²) in [5.74, 6) is 0.816. The van der Waals surface area contributed by atoms with Crippen LogP contribution in [0, 0.1) is 5.92 Å². The fourth-order valence-corrected chi connectivity index (χ4v) is 5.95. The summed E-state index contributed by atoms with van der Waals surface area (Å²) in [5, 5.41) is 9.22.